The van der Waals surface area contributed by atoms with Gasteiger partial charge in [-0.1, -0.05) is 6.42 Å². The first-order chi connectivity index (χ1) is 14.4. The molecule has 182 valence electrons. The Morgan fingerprint density at radius 3 is 1.53 bits per heavy atom. The van der Waals surface area contributed by atoms with Crippen molar-refractivity contribution in [2.45, 2.75) is 37.6 Å². The van der Waals surface area contributed by atoms with Crippen LogP contribution < -0.4 is 0 Å². The predicted molar refractivity (Wildman–Crippen MR) is 110 cm³/mol. The van der Waals surface area contributed by atoms with Gasteiger partial charge in [-0.25, -0.2) is 8.78 Å². The molecule has 11 heteroatoms. The molecule has 0 aromatic rings. The van der Waals surface area contributed by atoms with Crippen molar-refractivity contribution >= 4 is 8.80 Å². The normalized spacial score (nSPS) is 12.6. The van der Waals surface area contributed by atoms with Crippen LogP contribution in [0.25, 0.3) is 0 Å². The Bertz CT molecular complexity index is 368. The summed E-state index contributed by atoms with van der Waals surface area (Å²) in [5.74, 6) is -2.84. The van der Waals surface area contributed by atoms with Gasteiger partial charge in [0.1, 0.15) is 6.61 Å². The zero-order valence-electron chi connectivity index (χ0n) is 18.9. The van der Waals surface area contributed by atoms with Crippen LogP contribution in [0.4, 0.5) is 8.78 Å². The summed E-state index contributed by atoms with van der Waals surface area (Å²) in [7, 11) is 3.64. The van der Waals surface area contributed by atoms with Gasteiger partial charge >= 0.3 is 8.80 Å². The molecule has 0 fully saturated rings. The fraction of sp³-hybridized carbons (Fsp3) is 1.00. The lowest BCUT2D eigenvalue weighted by molar-refractivity contribution is -0.0926. The second-order valence-corrected chi connectivity index (χ2v) is 9.69. The highest BCUT2D eigenvalue weighted by atomic mass is 28.4. The average molecular weight is 463 g/mol. The summed E-state index contributed by atoms with van der Waals surface area (Å²) in [4.78, 5) is 0. The van der Waals surface area contributed by atoms with E-state index in [1.807, 2.05) is 0 Å². The van der Waals surface area contributed by atoms with Gasteiger partial charge in [-0.15, -0.1) is 0 Å². The molecule has 0 atom stereocenters. The number of alkyl halides is 2. The first-order valence-electron chi connectivity index (χ1n) is 10.3. The Morgan fingerprint density at radius 1 is 0.600 bits per heavy atom. The van der Waals surface area contributed by atoms with Crippen molar-refractivity contribution in [2.75, 3.05) is 87.9 Å². The van der Waals surface area contributed by atoms with Crippen LogP contribution in [0.1, 0.15) is 25.7 Å². The van der Waals surface area contributed by atoms with Crippen molar-refractivity contribution < 1.29 is 45.7 Å². The SMILES string of the molecule is COCCOCCOCCOCCOCC(F)(F)CCCCC[Si](OC)(OC)OC. The van der Waals surface area contributed by atoms with Gasteiger partial charge in [0.25, 0.3) is 5.92 Å². The highest BCUT2D eigenvalue weighted by Crippen LogP contribution is 2.24. The third-order valence-electron chi connectivity index (χ3n) is 4.32. The van der Waals surface area contributed by atoms with Gasteiger partial charge in [0, 0.05) is 40.9 Å². The van der Waals surface area contributed by atoms with Gasteiger partial charge in [-0.3, -0.25) is 0 Å². The van der Waals surface area contributed by atoms with Gasteiger partial charge in [0.15, 0.2) is 0 Å². The van der Waals surface area contributed by atoms with Crippen LogP contribution in [-0.2, 0) is 37.0 Å². The maximum absolute atomic E-state index is 13.8. The van der Waals surface area contributed by atoms with E-state index >= 15 is 0 Å². The van der Waals surface area contributed by atoms with Gasteiger partial charge < -0.3 is 37.0 Å². The van der Waals surface area contributed by atoms with E-state index in [4.69, 9.17) is 37.0 Å². The standard InChI is InChI=1S/C19H40F2O8Si/c1-22-9-10-26-11-12-27-13-14-28-15-16-29-18-19(20,21)8-6-5-7-17-30(23-2,24-3)25-4/h5-18H2,1-4H3. The molecule has 0 rings (SSSR count). The molecule has 0 unspecified atom stereocenters. The number of ether oxygens (including phenoxy) is 5. The van der Waals surface area contributed by atoms with Crippen molar-refractivity contribution in [3.05, 3.63) is 0 Å². The van der Waals surface area contributed by atoms with E-state index in [0.717, 1.165) is 0 Å². The Balaban J connectivity index is 3.52. The molecule has 0 heterocycles. The summed E-state index contributed by atoms with van der Waals surface area (Å²) in [6.45, 7) is 2.64. The van der Waals surface area contributed by atoms with Crippen LogP contribution in [0.15, 0.2) is 0 Å². The Hall–Kier alpha value is -0.243. The average Bonchev–Trinajstić information content (AvgIpc) is 2.74. The molecule has 0 aromatic carbocycles. The largest absolute Gasteiger partial charge is 0.500 e. The lowest BCUT2D eigenvalue weighted by Gasteiger charge is -2.24. The van der Waals surface area contributed by atoms with Crippen molar-refractivity contribution in [2.24, 2.45) is 0 Å². The molecule has 0 aliphatic heterocycles. The molecular formula is C19H40F2O8Si. The van der Waals surface area contributed by atoms with Gasteiger partial charge in [0.05, 0.1) is 52.9 Å². The molecule has 0 bridgehead atoms. The maximum Gasteiger partial charge on any atom is 0.500 e. The van der Waals surface area contributed by atoms with E-state index in [0.29, 0.717) is 64.9 Å². The molecule has 0 saturated heterocycles. The topological polar surface area (TPSA) is 73.8 Å². The number of halogens is 2. The van der Waals surface area contributed by atoms with Crippen LogP contribution in [0, 0.1) is 0 Å². The van der Waals surface area contributed by atoms with E-state index < -0.39 is 21.3 Å². The fourth-order valence-corrected chi connectivity index (χ4v) is 4.35. The highest BCUT2D eigenvalue weighted by Gasteiger charge is 2.37. The Labute approximate surface area is 180 Å². The van der Waals surface area contributed by atoms with E-state index in [2.05, 4.69) is 0 Å². The molecule has 0 aliphatic carbocycles. The summed E-state index contributed by atoms with van der Waals surface area (Å²) < 4.78 is 69.3. The second-order valence-electron chi connectivity index (χ2n) is 6.59. The summed E-state index contributed by atoms with van der Waals surface area (Å²) in [6.07, 6.45) is 1.56. The lowest BCUT2D eigenvalue weighted by Crippen LogP contribution is -2.42. The smallest absolute Gasteiger partial charge is 0.382 e. The molecular weight excluding hydrogens is 422 g/mol. The van der Waals surface area contributed by atoms with Gasteiger partial charge in [0.2, 0.25) is 0 Å². The highest BCUT2D eigenvalue weighted by molar-refractivity contribution is 6.60. The van der Waals surface area contributed by atoms with Gasteiger partial charge in [-0.2, -0.15) is 0 Å². The third-order valence-corrected chi connectivity index (χ3v) is 7.15. The maximum atomic E-state index is 13.8. The predicted octanol–water partition coefficient (Wildman–Crippen LogP) is 2.77. The second kappa shape index (κ2) is 19.4. The van der Waals surface area contributed by atoms with Crippen molar-refractivity contribution in [1.29, 1.82) is 0 Å². The van der Waals surface area contributed by atoms with E-state index in [9.17, 15) is 8.78 Å². The van der Waals surface area contributed by atoms with Crippen LogP contribution in [0.5, 0.6) is 0 Å². The van der Waals surface area contributed by atoms with Crippen LogP contribution in [0.2, 0.25) is 6.04 Å². The molecule has 0 saturated carbocycles. The summed E-state index contributed by atoms with van der Waals surface area (Å²) in [5.41, 5.74) is 0. The minimum Gasteiger partial charge on any atom is -0.382 e. The molecule has 0 spiro atoms. The molecule has 8 nitrogen and oxygen atoms in total. The zero-order chi connectivity index (χ0) is 22.6. The van der Waals surface area contributed by atoms with E-state index in [1.165, 1.54) is 0 Å². The first kappa shape index (κ1) is 29.8. The number of unbranched alkanes of at least 4 members (excludes halogenated alkanes) is 2. The van der Waals surface area contributed by atoms with Crippen LogP contribution in [0.3, 0.4) is 0 Å². The Kier molecular flexibility index (Phi) is 19.3. The van der Waals surface area contributed by atoms with Gasteiger partial charge in [-0.05, 0) is 12.8 Å². The molecule has 0 amide bonds. The quantitative estimate of drug-likeness (QED) is 0.170. The molecule has 0 aromatic heterocycles. The summed E-state index contributed by atoms with van der Waals surface area (Å²) in [5, 5.41) is 0. The first-order valence-corrected chi connectivity index (χ1v) is 12.2. The van der Waals surface area contributed by atoms with Crippen molar-refractivity contribution in [3.63, 3.8) is 0 Å². The summed E-state index contributed by atoms with van der Waals surface area (Å²) in [6, 6.07) is 0.612. The number of hydrogen-bond acceptors (Lipinski definition) is 8. The number of methoxy groups -OCH3 is 1. The molecule has 0 aliphatic rings. The van der Waals surface area contributed by atoms with Crippen molar-refractivity contribution in [3.8, 4) is 0 Å². The molecule has 0 radical (unpaired) electrons. The lowest BCUT2D eigenvalue weighted by atomic mass is 10.1. The Morgan fingerprint density at radius 2 is 1.07 bits per heavy atom. The molecule has 30 heavy (non-hydrogen) atoms. The third kappa shape index (κ3) is 16.4. The zero-order valence-corrected chi connectivity index (χ0v) is 19.9. The van der Waals surface area contributed by atoms with E-state index in [1.54, 1.807) is 28.4 Å². The van der Waals surface area contributed by atoms with Crippen molar-refractivity contribution in [1.82, 2.24) is 0 Å². The van der Waals surface area contributed by atoms with Crippen LogP contribution in [-0.4, -0.2) is 103 Å². The minimum atomic E-state index is -2.84. The number of hydrogen-bond donors (Lipinski definition) is 0. The number of rotatable bonds is 23. The van der Waals surface area contributed by atoms with Crippen LogP contribution >= 0.6 is 0 Å². The molecule has 0 N–H and O–H groups in total. The minimum absolute atomic E-state index is 0.124. The van der Waals surface area contributed by atoms with E-state index in [-0.39, 0.29) is 19.6 Å². The monoisotopic (exact) mass is 462 g/mol. The summed E-state index contributed by atoms with van der Waals surface area (Å²) >= 11 is 0. The fourth-order valence-electron chi connectivity index (χ4n) is 2.55.